The zero-order chi connectivity index (χ0) is 40.4. The van der Waals surface area contributed by atoms with Gasteiger partial charge in [-0.05, 0) is 68.8 Å². The lowest BCUT2D eigenvalue weighted by Gasteiger charge is -2.20. The van der Waals surface area contributed by atoms with Gasteiger partial charge in [0, 0.05) is 37.1 Å². The molecule has 7 rings (SSSR count). The molecule has 0 saturated carbocycles. The highest BCUT2D eigenvalue weighted by molar-refractivity contribution is 6.02. The number of hydrogen-bond acceptors (Lipinski definition) is 8. The molecule has 6 N–H and O–H groups in total. The first-order valence-electron chi connectivity index (χ1n) is 18.6. The van der Waals surface area contributed by atoms with Crippen molar-refractivity contribution in [3.63, 3.8) is 0 Å². The Hall–Kier alpha value is -7.60. The summed E-state index contributed by atoms with van der Waals surface area (Å²) in [6.45, 7) is -0.950. The van der Waals surface area contributed by atoms with Gasteiger partial charge >= 0.3 is 12.1 Å². The minimum absolute atomic E-state index is 0.0517. The Labute approximate surface area is 334 Å². The summed E-state index contributed by atoms with van der Waals surface area (Å²) < 4.78 is 12.3. The number of carbonyl (C=O) groups is 4. The van der Waals surface area contributed by atoms with Crippen molar-refractivity contribution in [1.29, 1.82) is 0 Å². The number of rotatable bonds is 8. The van der Waals surface area contributed by atoms with Crippen LogP contribution in [0.15, 0.2) is 133 Å². The Morgan fingerprint density at radius 1 is 0.414 bits per heavy atom. The van der Waals surface area contributed by atoms with Gasteiger partial charge in [-0.15, -0.1) is 0 Å². The summed E-state index contributed by atoms with van der Waals surface area (Å²) in [6, 6.07) is 38.0. The molecule has 0 aliphatic heterocycles. The zero-order valence-corrected chi connectivity index (χ0v) is 31.3. The maximum atomic E-state index is 12.9. The molecule has 1 aliphatic carbocycles. The average molecular weight is 777 g/mol. The van der Waals surface area contributed by atoms with Crippen LogP contribution in [0.2, 0.25) is 0 Å². The molecule has 12 heteroatoms. The highest BCUT2D eigenvalue weighted by Crippen LogP contribution is 2.38. The van der Waals surface area contributed by atoms with Crippen molar-refractivity contribution in [3.05, 3.63) is 178 Å². The monoisotopic (exact) mass is 776 g/mol. The van der Waals surface area contributed by atoms with Crippen molar-refractivity contribution < 1.29 is 38.9 Å². The lowest BCUT2D eigenvalue weighted by atomic mass is 9.91. The van der Waals surface area contributed by atoms with Crippen molar-refractivity contribution in [2.24, 2.45) is 0 Å². The number of anilines is 2. The number of carbonyl (C=O) groups excluding carboxylic acids is 4. The Morgan fingerprint density at radius 3 is 1.02 bits per heavy atom. The normalized spacial score (nSPS) is 11.7. The van der Waals surface area contributed by atoms with E-state index in [0.29, 0.717) is 67.4 Å². The molecule has 0 heterocycles. The maximum absolute atomic E-state index is 12.9. The van der Waals surface area contributed by atoms with E-state index in [0.717, 1.165) is 0 Å². The van der Waals surface area contributed by atoms with Crippen LogP contribution >= 0.6 is 0 Å². The molecule has 58 heavy (non-hydrogen) atoms. The number of benzene rings is 6. The van der Waals surface area contributed by atoms with Crippen molar-refractivity contribution in [3.8, 4) is 23.0 Å². The number of phenolic OH excluding ortho intramolecular Hbond substituents is 2. The van der Waals surface area contributed by atoms with E-state index < -0.39 is 37.1 Å². The first-order chi connectivity index (χ1) is 28.2. The van der Waals surface area contributed by atoms with Crippen molar-refractivity contribution in [2.45, 2.75) is 25.7 Å². The number of nitrogens with one attached hydrogen (secondary N) is 4. The topological polar surface area (TPSA) is 175 Å². The molecule has 0 aromatic heterocycles. The maximum Gasteiger partial charge on any atom is 0.325 e. The number of fused-ring (bicyclic) bond motifs is 8. The van der Waals surface area contributed by atoms with E-state index in [2.05, 4.69) is 21.3 Å². The van der Waals surface area contributed by atoms with Gasteiger partial charge < -0.3 is 30.3 Å². The Kier molecular flexibility index (Phi) is 11.9. The van der Waals surface area contributed by atoms with Gasteiger partial charge in [0.2, 0.25) is 0 Å². The standard InChI is InChI=1S/C46H40N4O8/c51-39(49-45(55)47-37-19-3-1-4-20-37)27-57-43-33-15-9-16-34(43)24-30-12-8-14-32(42(30)54)26-36-18-10-17-35(25-31-13-7-11-29(23-33)41(31)53)44(36)58-28-40(52)50-46(56)48-38-21-5-2-6-22-38/h1-22,53-54H,23-28H2,(H2,47,49,51,55)(H2,48,50,52,56). The molecule has 0 fully saturated rings. The zero-order valence-electron chi connectivity index (χ0n) is 31.3. The fourth-order valence-corrected chi connectivity index (χ4v) is 6.85. The van der Waals surface area contributed by atoms with Crippen molar-refractivity contribution in [2.75, 3.05) is 23.8 Å². The third-order valence-corrected chi connectivity index (χ3v) is 9.55. The molecule has 1 aliphatic rings. The molecule has 0 unspecified atom stereocenters. The van der Waals surface area contributed by atoms with Crippen LogP contribution in [-0.2, 0) is 35.3 Å². The molecule has 6 amide bonds. The Balaban J connectivity index is 1.17. The van der Waals surface area contributed by atoms with Crippen molar-refractivity contribution >= 4 is 35.3 Å². The number of para-hydroxylation sites is 6. The van der Waals surface area contributed by atoms with Crippen LogP contribution in [-0.4, -0.2) is 47.3 Å². The van der Waals surface area contributed by atoms with Gasteiger partial charge in [0.1, 0.15) is 23.0 Å². The van der Waals surface area contributed by atoms with E-state index in [1.54, 1.807) is 72.8 Å². The minimum atomic E-state index is -0.703. The van der Waals surface area contributed by atoms with Crippen molar-refractivity contribution in [1.82, 2.24) is 10.6 Å². The number of imide groups is 2. The van der Waals surface area contributed by atoms with E-state index in [1.165, 1.54) is 0 Å². The van der Waals surface area contributed by atoms with Gasteiger partial charge in [0.25, 0.3) is 11.8 Å². The first kappa shape index (κ1) is 38.7. The summed E-state index contributed by atoms with van der Waals surface area (Å²) in [4.78, 5) is 50.9. The van der Waals surface area contributed by atoms with Crippen LogP contribution in [0.25, 0.3) is 0 Å². The van der Waals surface area contributed by atoms with E-state index in [4.69, 9.17) is 9.47 Å². The van der Waals surface area contributed by atoms with Crippen LogP contribution < -0.4 is 30.7 Å². The fourth-order valence-electron chi connectivity index (χ4n) is 6.85. The summed E-state index contributed by atoms with van der Waals surface area (Å²) in [7, 11) is 0. The summed E-state index contributed by atoms with van der Waals surface area (Å²) in [5, 5.41) is 33.2. The quantitative estimate of drug-likeness (QED) is 0.0938. The second-order valence-corrected chi connectivity index (χ2v) is 13.7. The highest BCUT2D eigenvalue weighted by Gasteiger charge is 2.22. The Bertz CT molecular complexity index is 2210. The smallest absolute Gasteiger partial charge is 0.325 e. The fraction of sp³-hybridized carbons (Fsp3) is 0.130. The van der Waals surface area contributed by atoms with Crippen LogP contribution in [0.5, 0.6) is 23.0 Å². The molecule has 8 bridgehead atoms. The molecule has 0 saturated heterocycles. The largest absolute Gasteiger partial charge is 0.507 e. The van der Waals surface area contributed by atoms with E-state index >= 15 is 0 Å². The number of amides is 6. The average Bonchev–Trinajstić information content (AvgIpc) is 3.20. The third kappa shape index (κ3) is 9.61. The number of phenols is 2. The number of urea groups is 2. The Morgan fingerprint density at radius 2 is 0.707 bits per heavy atom. The minimum Gasteiger partial charge on any atom is -0.507 e. The molecular formula is C46H40N4O8. The third-order valence-electron chi connectivity index (χ3n) is 9.55. The molecule has 6 aromatic carbocycles. The molecule has 0 atom stereocenters. The van der Waals surface area contributed by atoms with Gasteiger partial charge in [0.15, 0.2) is 13.2 Å². The number of aromatic hydroxyl groups is 2. The highest BCUT2D eigenvalue weighted by atomic mass is 16.5. The first-order valence-corrected chi connectivity index (χ1v) is 18.6. The van der Waals surface area contributed by atoms with Crippen LogP contribution in [0.3, 0.4) is 0 Å². The number of hydrogen-bond donors (Lipinski definition) is 6. The summed E-state index contributed by atoms with van der Waals surface area (Å²) in [5.74, 6) is -0.457. The lowest BCUT2D eigenvalue weighted by molar-refractivity contribution is -0.122. The number of ether oxygens (including phenoxy) is 2. The summed E-state index contributed by atoms with van der Waals surface area (Å²) in [5.41, 5.74) is 6.07. The molecule has 12 nitrogen and oxygen atoms in total. The van der Waals surface area contributed by atoms with E-state index in [-0.39, 0.29) is 37.2 Å². The molecular weight excluding hydrogens is 737 g/mol. The predicted molar refractivity (Wildman–Crippen MR) is 219 cm³/mol. The van der Waals surface area contributed by atoms with Crippen LogP contribution in [0.1, 0.15) is 44.5 Å². The molecule has 292 valence electrons. The van der Waals surface area contributed by atoms with Crippen LogP contribution in [0.4, 0.5) is 21.0 Å². The SMILES string of the molecule is O=C(COc1c2cccc1Cc1cccc(c1O)Cc1cccc(c1OCC(=O)NC(=O)Nc1ccccc1)Cc1cccc(c1O)C2)NC(=O)Nc1ccccc1. The summed E-state index contributed by atoms with van der Waals surface area (Å²) >= 11 is 0. The van der Waals surface area contributed by atoms with Gasteiger partial charge in [-0.25, -0.2) is 9.59 Å². The van der Waals surface area contributed by atoms with Gasteiger partial charge in [-0.2, -0.15) is 0 Å². The second-order valence-electron chi connectivity index (χ2n) is 13.7. The van der Waals surface area contributed by atoms with Gasteiger partial charge in [-0.1, -0.05) is 109 Å². The van der Waals surface area contributed by atoms with E-state index in [9.17, 15) is 29.4 Å². The molecule has 0 radical (unpaired) electrons. The van der Waals surface area contributed by atoms with Crippen LogP contribution in [0, 0.1) is 0 Å². The molecule has 6 aromatic rings. The second kappa shape index (κ2) is 17.9. The molecule has 0 spiro atoms. The van der Waals surface area contributed by atoms with E-state index in [1.807, 2.05) is 60.7 Å². The predicted octanol–water partition coefficient (Wildman–Crippen LogP) is 7.23. The van der Waals surface area contributed by atoms with Gasteiger partial charge in [-0.3, -0.25) is 20.2 Å². The van der Waals surface area contributed by atoms with Gasteiger partial charge in [0.05, 0.1) is 0 Å². The summed E-state index contributed by atoms with van der Waals surface area (Å²) in [6.07, 6.45) is 0.887. The lowest BCUT2D eigenvalue weighted by Crippen LogP contribution is -2.37.